The molecule has 0 bridgehead atoms. The van der Waals surface area contributed by atoms with Gasteiger partial charge in [0.15, 0.2) is 5.69 Å². The quantitative estimate of drug-likeness (QED) is 0.271. The van der Waals surface area contributed by atoms with E-state index in [0.717, 1.165) is 42.3 Å². The van der Waals surface area contributed by atoms with Gasteiger partial charge in [0.25, 0.3) is 0 Å². The maximum Gasteiger partial charge on any atom is 0.354 e. The van der Waals surface area contributed by atoms with Crippen LogP contribution in [0.4, 0.5) is 5.95 Å². The summed E-state index contributed by atoms with van der Waals surface area (Å²) in [4.78, 5) is 28.5. The van der Waals surface area contributed by atoms with Gasteiger partial charge in [-0.2, -0.15) is 0 Å². The second-order valence-corrected chi connectivity index (χ2v) is 11.4. The maximum absolute atomic E-state index is 12.1. The van der Waals surface area contributed by atoms with Gasteiger partial charge in [-0.15, -0.1) is 0 Å². The van der Waals surface area contributed by atoms with E-state index >= 15 is 0 Å². The normalized spacial score (nSPS) is 21.6. The molecule has 208 valence electrons. The van der Waals surface area contributed by atoms with E-state index in [4.69, 9.17) is 21.3 Å². The van der Waals surface area contributed by atoms with E-state index in [1.807, 2.05) is 18.2 Å². The standard InChI is InChI=1S/C31H34ClN5O3/c1-2-20-8-10-21(11-9-20)18-37-29-25(15-26(30(38)39)34-28(29)23-14-24(32)17-33-16-23)35-31(37)36-12-13-40-19-27(36)22-6-4-3-5-7-22/h3-7,14-17,20-21,27H,2,8-13,18-19H2,1H3,(H,38,39). The molecular formula is C31H34ClN5O3. The minimum atomic E-state index is -1.10. The number of anilines is 1. The van der Waals surface area contributed by atoms with Crippen LogP contribution in [0.2, 0.25) is 5.02 Å². The third-order valence-electron chi connectivity index (χ3n) is 8.46. The molecule has 4 heterocycles. The Morgan fingerprint density at radius 2 is 1.85 bits per heavy atom. The van der Waals surface area contributed by atoms with Gasteiger partial charge in [0.2, 0.25) is 5.95 Å². The maximum atomic E-state index is 12.1. The number of carboxylic acids is 1. The highest BCUT2D eigenvalue weighted by Crippen LogP contribution is 2.39. The number of hydrogen-bond donors (Lipinski definition) is 1. The summed E-state index contributed by atoms with van der Waals surface area (Å²) in [6.45, 7) is 4.90. The number of carbonyl (C=O) groups is 1. The highest BCUT2D eigenvalue weighted by atomic mass is 35.5. The molecule has 2 fully saturated rings. The minimum absolute atomic E-state index is 0.00969. The first-order valence-corrected chi connectivity index (χ1v) is 14.5. The van der Waals surface area contributed by atoms with Crippen LogP contribution in [0.15, 0.2) is 54.9 Å². The van der Waals surface area contributed by atoms with Gasteiger partial charge < -0.3 is 19.3 Å². The summed E-state index contributed by atoms with van der Waals surface area (Å²) < 4.78 is 8.22. The molecule has 0 amide bonds. The van der Waals surface area contributed by atoms with E-state index in [9.17, 15) is 9.90 Å². The summed E-state index contributed by atoms with van der Waals surface area (Å²) in [7, 11) is 0. The SMILES string of the molecule is CCC1CCC(Cn2c(N3CCOCC3c3ccccc3)nc3cc(C(=O)O)nc(-c4cncc(Cl)c4)c32)CC1. The number of morpholine rings is 1. The number of fused-ring (bicyclic) bond motifs is 1. The van der Waals surface area contributed by atoms with E-state index in [-0.39, 0.29) is 11.7 Å². The van der Waals surface area contributed by atoms with Gasteiger partial charge in [-0.1, -0.05) is 68.1 Å². The zero-order valence-corrected chi connectivity index (χ0v) is 23.4. The molecule has 9 heteroatoms. The van der Waals surface area contributed by atoms with Gasteiger partial charge in [0, 0.05) is 31.0 Å². The highest BCUT2D eigenvalue weighted by molar-refractivity contribution is 6.30. The molecule has 1 atom stereocenters. The zero-order valence-electron chi connectivity index (χ0n) is 22.7. The number of aromatic nitrogens is 4. The van der Waals surface area contributed by atoms with Crippen molar-refractivity contribution in [1.29, 1.82) is 0 Å². The average molecular weight is 560 g/mol. The van der Waals surface area contributed by atoms with Crippen molar-refractivity contribution >= 4 is 34.6 Å². The Morgan fingerprint density at radius 1 is 1.07 bits per heavy atom. The first kappa shape index (κ1) is 26.7. The first-order valence-electron chi connectivity index (χ1n) is 14.2. The molecule has 1 saturated carbocycles. The number of hydrogen-bond acceptors (Lipinski definition) is 6. The highest BCUT2D eigenvalue weighted by Gasteiger charge is 2.32. The molecule has 2 aliphatic rings. The van der Waals surface area contributed by atoms with Crippen LogP contribution in [0.25, 0.3) is 22.3 Å². The summed E-state index contributed by atoms with van der Waals surface area (Å²) in [6.07, 6.45) is 9.28. The Hall–Kier alpha value is -3.49. The molecule has 1 saturated heterocycles. The molecule has 1 unspecified atom stereocenters. The van der Waals surface area contributed by atoms with Gasteiger partial charge in [0.05, 0.1) is 41.0 Å². The van der Waals surface area contributed by atoms with Gasteiger partial charge >= 0.3 is 5.97 Å². The van der Waals surface area contributed by atoms with Gasteiger partial charge in [-0.3, -0.25) is 4.98 Å². The van der Waals surface area contributed by atoms with Crippen LogP contribution in [0.3, 0.4) is 0 Å². The van der Waals surface area contributed by atoms with Gasteiger partial charge in [-0.25, -0.2) is 14.8 Å². The monoisotopic (exact) mass is 559 g/mol. The van der Waals surface area contributed by atoms with Crippen LogP contribution in [-0.2, 0) is 11.3 Å². The molecule has 6 rings (SSSR count). The number of aromatic carboxylic acids is 1. The predicted octanol–water partition coefficient (Wildman–Crippen LogP) is 6.64. The average Bonchev–Trinajstić information content (AvgIpc) is 3.35. The van der Waals surface area contributed by atoms with Gasteiger partial charge in [0.1, 0.15) is 0 Å². The molecular weight excluding hydrogens is 526 g/mol. The van der Waals surface area contributed by atoms with Crippen molar-refractivity contribution in [2.45, 2.75) is 51.6 Å². The van der Waals surface area contributed by atoms with Crippen molar-refractivity contribution in [3.8, 4) is 11.3 Å². The second-order valence-electron chi connectivity index (χ2n) is 10.9. The van der Waals surface area contributed by atoms with Crippen molar-refractivity contribution in [3.05, 3.63) is 71.1 Å². The topological polar surface area (TPSA) is 93.4 Å². The van der Waals surface area contributed by atoms with Crippen LogP contribution < -0.4 is 4.90 Å². The lowest BCUT2D eigenvalue weighted by Crippen LogP contribution is -2.41. The summed E-state index contributed by atoms with van der Waals surface area (Å²) in [5.41, 5.74) is 3.74. The summed E-state index contributed by atoms with van der Waals surface area (Å²) in [6, 6.07) is 13.7. The summed E-state index contributed by atoms with van der Waals surface area (Å²) in [5.74, 6) is 1.02. The van der Waals surface area contributed by atoms with Gasteiger partial charge in [-0.05, 0) is 42.4 Å². The van der Waals surface area contributed by atoms with Crippen molar-refractivity contribution in [1.82, 2.24) is 19.5 Å². The Labute approximate surface area is 239 Å². The number of rotatable bonds is 7. The first-order chi connectivity index (χ1) is 19.5. The van der Waals surface area contributed by atoms with E-state index in [0.29, 0.717) is 47.5 Å². The van der Waals surface area contributed by atoms with E-state index in [1.54, 1.807) is 24.5 Å². The Balaban J connectivity index is 1.54. The van der Waals surface area contributed by atoms with Crippen LogP contribution in [0, 0.1) is 11.8 Å². The second kappa shape index (κ2) is 11.6. The lowest BCUT2D eigenvalue weighted by atomic mass is 9.81. The third kappa shape index (κ3) is 5.30. The fourth-order valence-electron chi connectivity index (χ4n) is 6.26. The molecule has 0 radical (unpaired) electrons. The van der Waals surface area contributed by atoms with E-state index in [2.05, 4.69) is 38.5 Å². The smallest absolute Gasteiger partial charge is 0.354 e. The van der Waals surface area contributed by atoms with Crippen molar-refractivity contribution in [2.75, 3.05) is 24.7 Å². The number of ether oxygens (including phenoxy) is 1. The van der Waals surface area contributed by atoms with Crippen molar-refractivity contribution < 1.29 is 14.6 Å². The summed E-state index contributed by atoms with van der Waals surface area (Å²) >= 11 is 6.33. The Kier molecular flexibility index (Phi) is 7.71. The van der Waals surface area contributed by atoms with Crippen LogP contribution >= 0.6 is 11.6 Å². The lowest BCUT2D eigenvalue weighted by Gasteiger charge is -2.37. The van der Waals surface area contributed by atoms with Crippen LogP contribution in [0.1, 0.15) is 61.1 Å². The lowest BCUT2D eigenvalue weighted by molar-refractivity contribution is 0.0690. The van der Waals surface area contributed by atoms with E-state index in [1.165, 1.54) is 19.3 Å². The number of halogens is 1. The zero-order chi connectivity index (χ0) is 27.6. The molecule has 1 aliphatic heterocycles. The number of carboxylic acid groups (broad SMARTS) is 1. The van der Waals surface area contributed by atoms with Crippen LogP contribution in [-0.4, -0.2) is 50.4 Å². The predicted molar refractivity (Wildman–Crippen MR) is 156 cm³/mol. The molecule has 8 nitrogen and oxygen atoms in total. The summed E-state index contributed by atoms with van der Waals surface area (Å²) in [5, 5.41) is 10.4. The number of pyridine rings is 2. The molecule has 1 aromatic carbocycles. The minimum Gasteiger partial charge on any atom is -0.477 e. The Morgan fingerprint density at radius 3 is 2.58 bits per heavy atom. The molecule has 3 aromatic heterocycles. The molecule has 1 aliphatic carbocycles. The molecule has 0 spiro atoms. The Bertz CT molecular complexity index is 1500. The molecule has 40 heavy (non-hydrogen) atoms. The third-order valence-corrected chi connectivity index (χ3v) is 8.66. The fraction of sp³-hybridized carbons (Fsp3) is 0.419. The fourth-order valence-corrected chi connectivity index (χ4v) is 6.44. The van der Waals surface area contributed by atoms with Crippen LogP contribution in [0.5, 0.6) is 0 Å². The number of benzene rings is 1. The van der Waals surface area contributed by atoms with Crippen molar-refractivity contribution in [2.24, 2.45) is 11.8 Å². The van der Waals surface area contributed by atoms with Crippen molar-refractivity contribution in [3.63, 3.8) is 0 Å². The number of nitrogens with zero attached hydrogens (tertiary/aromatic N) is 5. The van der Waals surface area contributed by atoms with E-state index < -0.39 is 5.97 Å². The largest absolute Gasteiger partial charge is 0.477 e. The molecule has 4 aromatic rings. The number of imidazole rings is 1. The molecule has 1 N–H and O–H groups in total.